The third-order valence-electron chi connectivity index (χ3n) is 4.07. The van der Waals surface area contributed by atoms with Crippen LogP contribution < -0.4 is 5.32 Å². The van der Waals surface area contributed by atoms with Gasteiger partial charge in [-0.1, -0.05) is 12.1 Å². The van der Waals surface area contributed by atoms with E-state index in [-0.39, 0.29) is 30.2 Å². The number of halogens is 1. The number of aromatic amines is 1. The van der Waals surface area contributed by atoms with Crippen molar-refractivity contribution in [3.63, 3.8) is 0 Å². The number of nitrogens with zero attached hydrogens (tertiary/aromatic N) is 1. The molecule has 0 fully saturated rings. The summed E-state index contributed by atoms with van der Waals surface area (Å²) in [7, 11) is 1.53. The van der Waals surface area contributed by atoms with E-state index in [9.17, 15) is 14.4 Å². The lowest BCUT2D eigenvalue weighted by Gasteiger charge is -2.17. The first-order valence-corrected chi connectivity index (χ1v) is 9.61. The van der Waals surface area contributed by atoms with Gasteiger partial charge in [-0.25, -0.2) is 4.79 Å². The fourth-order valence-electron chi connectivity index (χ4n) is 2.77. The van der Waals surface area contributed by atoms with Crippen LogP contribution in [0.25, 0.3) is 0 Å². The van der Waals surface area contributed by atoms with Gasteiger partial charge in [0.15, 0.2) is 0 Å². The molecule has 0 spiro atoms. The summed E-state index contributed by atoms with van der Waals surface area (Å²) in [5.74, 6) is -1.19. The first kappa shape index (κ1) is 21.7. The van der Waals surface area contributed by atoms with Gasteiger partial charge in [-0.2, -0.15) is 0 Å². The number of nitrogens with one attached hydrogen (secondary N) is 2. The number of hydrogen-bond acceptors (Lipinski definition) is 4. The van der Waals surface area contributed by atoms with Crippen LogP contribution in [0.2, 0.25) is 0 Å². The Morgan fingerprint density at radius 3 is 2.46 bits per heavy atom. The molecule has 0 bridgehead atoms. The van der Waals surface area contributed by atoms with Crippen LogP contribution in [0.1, 0.15) is 46.0 Å². The maximum atomic E-state index is 12.8. The molecule has 1 aromatic heterocycles. The zero-order chi connectivity index (χ0) is 21.0. The standard InChI is InChI=1S/C20H24BrN3O4/c1-11(2)28-20(27)17-12(3)18(22-13(17)4)19(26)24(5)10-16(25)23-15-9-7-6-8-14(15)21/h6-9,11,22H,10H2,1-5H3,(H,23,25). The molecule has 2 amide bonds. The molecule has 1 aromatic carbocycles. The molecule has 28 heavy (non-hydrogen) atoms. The molecule has 0 aliphatic heterocycles. The number of aryl methyl sites for hydroxylation is 1. The number of carbonyl (C=O) groups is 3. The maximum Gasteiger partial charge on any atom is 0.340 e. The summed E-state index contributed by atoms with van der Waals surface area (Å²) in [5.41, 5.74) is 2.30. The van der Waals surface area contributed by atoms with Crippen molar-refractivity contribution >= 4 is 39.4 Å². The Morgan fingerprint density at radius 2 is 1.86 bits per heavy atom. The third kappa shape index (κ3) is 5.01. The highest BCUT2D eigenvalue weighted by molar-refractivity contribution is 9.10. The molecule has 2 aromatic rings. The molecule has 0 aliphatic rings. The van der Waals surface area contributed by atoms with E-state index in [1.165, 1.54) is 11.9 Å². The molecule has 0 saturated heterocycles. The molecule has 8 heteroatoms. The first-order chi connectivity index (χ1) is 13.1. The summed E-state index contributed by atoms with van der Waals surface area (Å²) in [5, 5.41) is 2.75. The van der Waals surface area contributed by atoms with Crippen molar-refractivity contribution in [3.8, 4) is 0 Å². The highest BCUT2D eigenvalue weighted by atomic mass is 79.9. The van der Waals surface area contributed by atoms with Crippen molar-refractivity contribution in [2.45, 2.75) is 33.8 Å². The zero-order valence-corrected chi connectivity index (χ0v) is 18.1. The van der Waals surface area contributed by atoms with Crippen LogP contribution in [-0.2, 0) is 9.53 Å². The van der Waals surface area contributed by atoms with Crippen molar-refractivity contribution < 1.29 is 19.1 Å². The Bertz CT molecular complexity index is 905. The monoisotopic (exact) mass is 449 g/mol. The second-order valence-corrected chi connectivity index (χ2v) is 7.62. The van der Waals surface area contributed by atoms with E-state index >= 15 is 0 Å². The number of ether oxygens (including phenoxy) is 1. The number of esters is 1. The van der Waals surface area contributed by atoms with Crippen molar-refractivity contribution in [2.24, 2.45) is 0 Å². The molecule has 0 unspecified atom stereocenters. The summed E-state index contributed by atoms with van der Waals surface area (Å²) < 4.78 is 5.99. The second kappa shape index (κ2) is 9.05. The Balaban J connectivity index is 2.12. The van der Waals surface area contributed by atoms with Gasteiger partial charge in [0.2, 0.25) is 5.91 Å². The van der Waals surface area contributed by atoms with Crippen molar-refractivity contribution in [3.05, 3.63) is 51.3 Å². The molecule has 0 aliphatic carbocycles. The van der Waals surface area contributed by atoms with E-state index < -0.39 is 5.97 Å². The molecule has 150 valence electrons. The number of hydrogen-bond donors (Lipinski definition) is 2. The van der Waals surface area contributed by atoms with E-state index in [2.05, 4.69) is 26.2 Å². The SMILES string of the molecule is Cc1[nH]c(C(=O)N(C)CC(=O)Nc2ccccc2Br)c(C)c1C(=O)OC(C)C. The van der Waals surface area contributed by atoms with Gasteiger partial charge in [0.1, 0.15) is 5.69 Å². The molecule has 0 saturated carbocycles. The number of aromatic nitrogens is 1. The van der Waals surface area contributed by atoms with Crippen LogP contribution in [-0.4, -0.2) is 47.4 Å². The van der Waals surface area contributed by atoms with Crippen LogP contribution in [0.4, 0.5) is 5.69 Å². The largest absolute Gasteiger partial charge is 0.459 e. The normalized spacial score (nSPS) is 10.7. The summed E-state index contributed by atoms with van der Waals surface area (Å²) in [6.45, 7) is 6.78. The molecule has 0 radical (unpaired) electrons. The van der Waals surface area contributed by atoms with Crippen molar-refractivity contribution in [1.29, 1.82) is 0 Å². The molecular formula is C20H24BrN3O4. The van der Waals surface area contributed by atoms with E-state index in [0.717, 1.165) is 4.47 Å². The first-order valence-electron chi connectivity index (χ1n) is 8.81. The molecular weight excluding hydrogens is 426 g/mol. The molecule has 1 heterocycles. The van der Waals surface area contributed by atoms with Crippen LogP contribution in [0.15, 0.2) is 28.7 Å². The van der Waals surface area contributed by atoms with Gasteiger partial charge in [0.05, 0.1) is 23.9 Å². The predicted octanol–water partition coefficient (Wildman–Crippen LogP) is 3.67. The number of para-hydroxylation sites is 1. The van der Waals surface area contributed by atoms with Gasteiger partial charge in [-0.3, -0.25) is 9.59 Å². The predicted molar refractivity (Wildman–Crippen MR) is 111 cm³/mol. The van der Waals surface area contributed by atoms with Gasteiger partial charge in [-0.15, -0.1) is 0 Å². The molecule has 0 atom stereocenters. The molecule has 7 nitrogen and oxygen atoms in total. The number of rotatable bonds is 6. The quantitative estimate of drug-likeness (QED) is 0.657. The Hall–Kier alpha value is -2.61. The van der Waals surface area contributed by atoms with Crippen molar-refractivity contribution in [2.75, 3.05) is 18.9 Å². The highest BCUT2D eigenvalue weighted by Crippen LogP contribution is 2.22. The fourth-order valence-corrected chi connectivity index (χ4v) is 3.16. The van der Waals surface area contributed by atoms with Crippen LogP contribution in [0.3, 0.4) is 0 Å². The van der Waals surface area contributed by atoms with E-state index in [1.54, 1.807) is 39.8 Å². The zero-order valence-electron chi connectivity index (χ0n) is 16.6. The van der Waals surface area contributed by atoms with Gasteiger partial charge < -0.3 is 19.9 Å². The van der Waals surface area contributed by atoms with Crippen LogP contribution in [0, 0.1) is 13.8 Å². The average Bonchev–Trinajstić information content (AvgIpc) is 2.90. The van der Waals surface area contributed by atoms with E-state index in [4.69, 9.17) is 4.74 Å². The number of likely N-dealkylation sites (N-methyl/N-ethyl adjacent to an activating group) is 1. The number of benzene rings is 1. The van der Waals surface area contributed by atoms with Crippen molar-refractivity contribution in [1.82, 2.24) is 9.88 Å². The van der Waals surface area contributed by atoms with E-state index in [1.807, 2.05) is 12.1 Å². The minimum absolute atomic E-state index is 0.135. The lowest BCUT2D eigenvalue weighted by molar-refractivity contribution is -0.116. The molecule has 2 N–H and O–H groups in total. The average molecular weight is 450 g/mol. The number of H-pyrrole nitrogens is 1. The lowest BCUT2D eigenvalue weighted by Crippen LogP contribution is -2.35. The van der Waals surface area contributed by atoms with Crippen LogP contribution in [0.5, 0.6) is 0 Å². The summed E-state index contributed by atoms with van der Waals surface area (Å²) in [4.78, 5) is 41.6. The van der Waals surface area contributed by atoms with Gasteiger partial charge >= 0.3 is 5.97 Å². The molecule has 2 rings (SSSR count). The van der Waals surface area contributed by atoms with Crippen LogP contribution >= 0.6 is 15.9 Å². The fraction of sp³-hybridized carbons (Fsp3) is 0.350. The minimum Gasteiger partial charge on any atom is -0.459 e. The Labute approximate surface area is 172 Å². The summed E-state index contributed by atoms with van der Waals surface area (Å²) >= 11 is 3.36. The van der Waals surface area contributed by atoms with Gasteiger partial charge in [0.25, 0.3) is 5.91 Å². The van der Waals surface area contributed by atoms with E-state index in [0.29, 0.717) is 22.5 Å². The van der Waals surface area contributed by atoms with Gasteiger partial charge in [-0.05, 0) is 61.3 Å². The smallest absolute Gasteiger partial charge is 0.340 e. The summed E-state index contributed by atoms with van der Waals surface area (Å²) in [6.07, 6.45) is -0.260. The van der Waals surface area contributed by atoms with Gasteiger partial charge in [0, 0.05) is 17.2 Å². The second-order valence-electron chi connectivity index (χ2n) is 6.77. The summed E-state index contributed by atoms with van der Waals surface area (Å²) in [6, 6.07) is 7.22. The number of anilines is 1. The lowest BCUT2D eigenvalue weighted by atomic mass is 10.1. The third-order valence-corrected chi connectivity index (χ3v) is 4.77. The topological polar surface area (TPSA) is 91.5 Å². The number of carbonyl (C=O) groups excluding carboxylic acids is 3. The maximum absolute atomic E-state index is 12.8. The highest BCUT2D eigenvalue weighted by Gasteiger charge is 2.26. The Morgan fingerprint density at radius 1 is 1.21 bits per heavy atom. The minimum atomic E-state index is -0.477. The Kier molecular flexibility index (Phi) is 7.01. The number of amides is 2.